The lowest BCUT2D eigenvalue weighted by atomic mass is 10.1. The molecule has 0 spiro atoms. The molecular formula is C10H13ClN4S. The molecular weight excluding hydrogens is 244 g/mol. The third-order valence-corrected chi connectivity index (χ3v) is 3.83. The standard InChI is InChI=1S/C10H13ClN4S/c1-6-5-8(15(2)14-6)9(13-12)10-7(11)3-4-16-10/h3-5,9,13H,12H2,1-2H3. The molecule has 0 aliphatic rings. The van der Waals surface area contributed by atoms with E-state index in [1.165, 1.54) is 0 Å². The van der Waals surface area contributed by atoms with Gasteiger partial charge in [-0.25, -0.2) is 5.43 Å². The van der Waals surface area contributed by atoms with E-state index in [0.29, 0.717) is 0 Å². The van der Waals surface area contributed by atoms with Crippen molar-refractivity contribution in [2.45, 2.75) is 13.0 Å². The number of aryl methyl sites for hydroxylation is 2. The summed E-state index contributed by atoms with van der Waals surface area (Å²) in [6.45, 7) is 1.95. The third-order valence-electron chi connectivity index (χ3n) is 2.41. The molecule has 0 bridgehead atoms. The Morgan fingerprint density at radius 2 is 2.38 bits per heavy atom. The molecule has 6 heteroatoms. The number of hydrazine groups is 1. The molecule has 4 nitrogen and oxygen atoms in total. The molecule has 86 valence electrons. The minimum Gasteiger partial charge on any atom is -0.270 e. The van der Waals surface area contributed by atoms with Gasteiger partial charge in [0.15, 0.2) is 0 Å². The number of nitrogens with zero attached hydrogens (tertiary/aromatic N) is 2. The average Bonchev–Trinajstić information content (AvgIpc) is 2.77. The predicted molar refractivity (Wildman–Crippen MR) is 66.4 cm³/mol. The fourth-order valence-electron chi connectivity index (χ4n) is 1.71. The molecule has 0 radical (unpaired) electrons. The lowest BCUT2D eigenvalue weighted by Crippen LogP contribution is -2.29. The van der Waals surface area contributed by atoms with Gasteiger partial charge in [0.2, 0.25) is 0 Å². The number of thiophene rings is 1. The Bertz CT molecular complexity index is 491. The number of rotatable bonds is 3. The molecule has 2 rings (SSSR count). The fourth-order valence-corrected chi connectivity index (χ4v) is 2.94. The van der Waals surface area contributed by atoms with Crippen molar-refractivity contribution in [2.24, 2.45) is 12.9 Å². The van der Waals surface area contributed by atoms with Crippen molar-refractivity contribution in [1.82, 2.24) is 15.2 Å². The summed E-state index contributed by atoms with van der Waals surface area (Å²) in [6.07, 6.45) is 0. The van der Waals surface area contributed by atoms with Crippen LogP contribution in [0.3, 0.4) is 0 Å². The highest BCUT2D eigenvalue weighted by molar-refractivity contribution is 7.10. The van der Waals surface area contributed by atoms with Gasteiger partial charge >= 0.3 is 0 Å². The Morgan fingerprint density at radius 1 is 1.62 bits per heavy atom. The zero-order valence-electron chi connectivity index (χ0n) is 9.07. The molecule has 2 aromatic rings. The van der Waals surface area contributed by atoms with Gasteiger partial charge in [-0.15, -0.1) is 11.3 Å². The van der Waals surface area contributed by atoms with E-state index in [1.54, 1.807) is 11.3 Å². The molecule has 3 N–H and O–H groups in total. The Hall–Kier alpha value is -0.880. The van der Waals surface area contributed by atoms with Gasteiger partial charge in [-0.1, -0.05) is 11.6 Å². The quantitative estimate of drug-likeness (QED) is 0.652. The molecule has 0 aliphatic heterocycles. The van der Waals surface area contributed by atoms with Crippen LogP contribution in [0.25, 0.3) is 0 Å². The number of nitrogens with one attached hydrogen (secondary N) is 1. The van der Waals surface area contributed by atoms with Crippen LogP contribution in [0.15, 0.2) is 17.5 Å². The van der Waals surface area contributed by atoms with Crippen LogP contribution in [0.5, 0.6) is 0 Å². The molecule has 1 unspecified atom stereocenters. The number of halogens is 1. The summed E-state index contributed by atoms with van der Waals surface area (Å²) >= 11 is 7.69. The van der Waals surface area contributed by atoms with Crippen LogP contribution >= 0.6 is 22.9 Å². The first-order valence-corrected chi connectivity index (χ1v) is 6.08. The van der Waals surface area contributed by atoms with Crippen LogP contribution in [0, 0.1) is 6.92 Å². The smallest absolute Gasteiger partial charge is 0.0984 e. The molecule has 2 heterocycles. The van der Waals surface area contributed by atoms with Gasteiger partial charge < -0.3 is 0 Å². The van der Waals surface area contributed by atoms with E-state index in [2.05, 4.69) is 10.5 Å². The number of hydrogen-bond donors (Lipinski definition) is 2. The van der Waals surface area contributed by atoms with Crippen LogP contribution in [0.2, 0.25) is 5.02 Å². The summed E-state index contributed by atoms with van der Waals surface area (Å²) in [5.41, 5.74) is 4.75. The highest BCUT2D eigenvalue weighted by Gasteiger charge is 2.20. The van der Waals surface area contributed by atoms with E-state index in [9.17, 15) is 0 Å². The number of hydrogen-bond acceptors (Lipinski definition) is 4. The summed E-state index contributed by atoms with van der Waals surface area (Å²) in [4.78, 5) is 1.01. The predicted octanol–water partition coefficient (Wildman–Crippen LogP) is 2.00. The van der Waals surface area contributed by atoms with Crippen LogP contribution in [0.1, 0.15) is 22.3 Å². The van der Waals surface area contributed by atoms with Crippen molar-refractivity contribution in [2.75, 3.05) is 0 Å². The first kappa shape index (κ1) is 11.6. The fraction of sp³-hybridized carbons (Fsp3) is 0.300. The van der Waals surface area contributed by atoms with Gasteiger partial charge in [0, 0.05) is 11.9 Å². The van der Waals surface area contributed by atoms with Crippen LogP contribution < -0.4 is 11.3 Å². The van der Waals surface area contributed by atoms with Gasteiger partial charge in [-0.3, -0.25) is 10.5 Å². The van der Waals surface area contributed by atoms with Crippen molar-refractivity contribution in [1.29, 1.82) is 0 Å². The van der Waals surface area contributed by atoms with Gasteiger partial charge in [0.25, 0.3) is 0 Å². The number of aromatic nitrogens is 2. The Labute approximate surface area is 103 Å². The first-order chi connectivity index (χ1) is 7.63. The Balaban J connectivity index is 2.44. The van der Waals surface area contributed by atoms with Crippen molar-refractivity contribution in [3.63, 3.8) is 0 Å². The van der Waals surface area contributed by atoms with E-state index in [1.807, 2.05) is 36.2 Å². The monoisotopic (exact) mass is 256 g/mol. The topological polar surface area (TPSA) is 55.9 Å². The first-order valence-electron chi connectivity index (χ1n) is 4.83. The average molecular weight is 257 g/mol. The maximum absolute atomic E-state index is 6.11. The molecule has 0 aromatic carbocycles. The summed E-state index contributed by atoms with van der Waals surface area (Å²) in [5.74, 6) is 5.60. The number of nitrogens with two attached hydrogens (primary N) is 1. The van der Waals surface area contributed by atoms with E-state index >= 15 is 0 Å². The van der Waals surface area contributed by atoms with Crippen LogP contribution in [0.4, 0.5) is 0 Å². The van der Waals surface area contributed by atoms with E-state index in [4.69, 9.17) is 17.4 Å². The van der Waals surface area contributed by atoms with E-state index in [0.717, 1.165) is 21.3 Å². The highest BCUT2D eigenvalue weighted by Crippen LogP contribution is 2.32. The highest BCUT2D eigenvalue weighted by atomic mass is 35.5. The lowest BCUT2D eigenvalue weighted by molar-refractivity contribution is 0.581. The van der Waals surface area contributed by atoms with Gasteiger partial charge in [0.1, 0.15) is 0 Å². The molecule has 16 heavy (non-hydrogen) atoms. The SMILES string of the molecule is Cc1cc(C(NN)c2sccc2Cl)n(C)n1. The normalized spacial score (nSPS) is 13.0. The summed E-state index contributed by atoms with van der Waals surface area (Å²) < 4.78 is 1.82. The molecule has 2 aromatic heterocycles. The summed E-state index contributed by atoms with van der Waals surface area (Å²) in [5, 5.41) is 6.98. The second-order valence-corrected chi connectivity index (χ2v) is 4.92. The minimum atomic E-state index is -0.112. The van der Waals surface area contributed by atoms with Crippen molar-refractivity contribution in [3.8, 4) is 0 Å². The van der Waals surface area contributed by atoms with Crippen molar-refractivity contribution in [3.05, 3.63) is 38.8 Å². The zero-order chi connectivity index (χ0) is 11.7. The Morgan fingerprint density at radius 3 is 2.81 bits per heavy atom. The molecule has 0 amide bonds. The van der Waals surface area contributed by atoms with Crippen LogP contribution in [-0.4, -0.2) is 9.78 Å². The molecule has 0 aliphatic carbocycles. The van der Waals surface area contributed by atoms with Crippen molar-refractivity contribution >= 4 is 22.9 Å². The summed E-state index contributed by atoms with van der Waals surface area (Å²) in [7, 11) is 1.90. The van der Waals surface area contributed by atoms with Gasteiger partial charge in [0.05, 0.1) is 22.5 Å². The molecule has 0 saturated heterocycles. The maximum Gasteiger partial charge on any atom is 0.0984 e. The zero-order valence-corrected chi connectivity index (χ0v) is 10.6. The third kappa shape index (κ3) is 1.99. The maximum atomic E-state index is 6.11. The Kier molecular flexibility index (Phi) is 3.30. The largest absolute Gasteiger partial charge is 0.270 e. The van der Waals surface area contributed by atoms with Crippen molar-refractivity contribution < 1.29 is 0 Å². The van der Waals surface area contributed by atoms with Gasteiger partial charge in [-0.2, -0.15) is 5.10 Å². The second-order valence-electron chi connectivity index (χ2n) is 3.57. The molecule has 0 fully saturated rings. The minimum absolute atomic E-state index is 0.112. The van der Waals surface area contributed by atoms with E-state index in [-0.39, 0.29) is 6.04 Å². The summed E-state index contributed by atoms with van der Waals surface area (Å²) in [6, 6.07) is 3.76. The molecule has 0 saturated carbocycles. The molecule has 1 atom stereocenters. The van der Waals surface area contributed by atoms with E-state index < -0.39 is 0 Å². The lowest BCUT2D eigenvalue weighted by Gasteiger charge is -2.15. The van der Waals surface area contributed by atoms with Gasteiger partial charge in [-0.05, 0) is 24.4 Å². The second kappa shape index (κ2) is 4.55. The van der Waals surface area contributed by atoms with Crippen LogP contribution in [-0.2, 0) is 7.05 Å².